The number of nitrogens with zero attached hydrogens (tertiary/aromatic N) is 2. The lowest BCUT2D eigenvalue weighted by Crippen LogP contribution is -2.43. The van der Waals surface area contributed by atoms with Crippen LogP contribution in [0.5, 0.6) is 0 Å². The summed E-state index contributed by atoms with van der Waals surface area (Å²) < 4.78 is 68.2. The molecule has 5 nitrogen and oxygen atoms in total. The molecule has 154 valence electrons. The first-order valence-electron chi connectivity index (χ1n) is 9.16. The van der Waals surface area contributed by atoms with Gasteiger partial charge < -0.3 is 14.8 Å². The number of fused-ring (bicyclic) bond motifs is 1. The highest BCUT2D eigenvalue weighted by Crippen LogP contribution is 2.38. The van der Waals surface area contributed by atoms with Gasteiger partial charge in [-0.2, -0.15) is 13.2 Å². The molecule has 0 radical (unpaired) electrons. The van der Waals surface area contributed by atoms with Crippen molar-refractivity contribution >= 4 is 26.4 Å². The quantitative estimate of drug-likeness (QED) is 0.701. The number of halogens is 3. The lowest BCUT2D eigenvalue weighted by atomic mass is 10.2. The second kappa shape index (κ2) is 7.07. The minimum Gasteiger partial charge on any atom is -0.367 e. The van der Waals surface area contributed by atoms with E-state index < -0.39 is 26.5 Å². The highest BCUT2D eigenvalue weighted by atomic mass is 32.2. The Balaban J connectivity index is 1.91. The van der Waals surface area contributed by atoms with Crippen LogP contribution in [-0.2, 0) is 23.1 Å². The Morgan fingerprint density at radius 1 is 1.00 bits per heavy atom. The first kappa shape index (κ1) is 19.8. The lowest BCUT2D eigenvalue weighted by molar-refractivity contribution is -0.139. The summed E-state index contributed by atoms with van der Waals surface area (Å²) in [5.74, 6) is 0. The van der Waals surface area contributed by atoms with E-state index in [9.17, 15) is 21.6 Å². The summed E-state index contributed by atoms with van der Waals surface area (Å²) in [6.45, 7) is 3.16. The van der Waals surface area contributed by atoms with E-state index in [1.807, 2.05) is 12.1 Å². The molecule has 0 aliphatic carbocycles. The molecule has 9 heteroatoms. The zero-order valence-corrected chi connectivity index (χ0v) is 16.5. The zero-order valence-electron chi connectivity index (χ0n) is 15.7. The predicted molar refractivity (Wildman–Crippen MR) is 105 cm³/mol. The molecule has 3 aromatic rings. The number of hydrogen-bond acceptors (Lipinski definition) is 4. The molecule has 1 fully saturated rings. The maximum atomic E-state index is 13.4. The SMILES string of the molecule is Cn1c(S(=O)(=O)c2ccccc2C(F)(F)F)cc2cccc(N3CCNCC3)c21. The van der Waals surface area contributed by atoms with Crippen LogP contribution < -0.4 is 10.2 Å². The van der Waals surface area contributed by atoms with Crippen molar-refractivity contribution in [2.45, 2.75) is 16.1 Å². The van der Waals surface area contributed by atoms with Crippen LogP contribution >= 0.6 is 0 Å². The summed E-state index contributed by atoms with van der Waals surface area (Å²) in [5, 5.41) is 3.78. The topological polar surface area (TPSA) is 54.3 Å². The van der Waals surface area contributed by atoms with Crippen LogP contribution in [0.25, 0.3) is 10.9 Å². The largest absolute Gasteiger partial charge is 0.417 e. The van der Waals surface area contributed by atoms with Gasteiger partial charge in [-0.1, -0.05) is 24.3 Å². The van der Waals surface area contributed by atoms with E-state index in [4.69, 9.17) is 0 Å². The molecule has 0 spiro atoms. The number of alkyl halides is 3. The van der Waals surface area contributed by atoms with Gasteiger partial charge in [-0.05, 0) is 24.3 Å². The average molecular weight is 423 g/mol. The molecule has 2 aromatic carbocycles. The number of para-hydroxylation sites is 1. The van der Waals surface area contributed by atoms with Crippen molar-refractivity contribution < 1.29 is 21.6 Å². The molecule has 0 unspecified atom stereocenters. The summed E-state index contributed by atoms with van der Waals surface area (Å²) in [6.07, 6.45) is -4.76. The Morgan fingerprint density at radius 2 is 1.69 bits per heavy atom. The molecule has 0 amide bonds. The van der Waals surface area contributed by atoms with Gasteiger partial charge in [0.15, 0.2) is 0 Å². The van der Waals surface area contributed by atoms with Crippen molar-refractivity contribution in [3.63, 3.8) is 0 Å². The average Bonchev–Trinajstić information content (AvgIpc) is 3.06. The van der Waals surface area contributed by atoms with Crippen LogP contribution in [0.3, 0.4) is 0 Å². The Morgan fingerprint density at radius 3 is 2.38 bits per heavy atom. The highest BCUT2D eigenvalue weighted by Gasteiger charge is 2.38. The smallest absolute Gasteiger partial charge is 0.367 e. The molecule has 2 heterocycles. The number of aryl methyl sites for hydroxylation is 1. The van der Waals surface area contributed by atoms with Crippen LogP contribution in [0.4, 0.5) is 18.9 Å². The van der Waals surface area contributed by atoms with Crippen molar-refractivity contribution in [3.8, 4) is 0 Å². The van der Waals surface area contributed by atoms with Crippen LogP contribution in [0, 0.1) is 0 Å². The van der Waals surface area contributed by atoms with Crippen molar-refractivity contribution in [2.75, 3.05) is 31.1 Å². The summed E-state index contributed by atoms with van der Waals surface area (Å²) >= 11 is 0. The molecule has 29 heavy (non-hydrogen) atoms. The molecule has 1 saturated heterocycles. The van der Waals surface area contributed by atoms with E-state index in [2.05, 4.69) is 10.2 Å². The number of benzene rings is 2. The molecule has 0 saturated carbocycles. The molecule has 1 aliphatic heterocycles. The van der Waals surface area contributed by atoms with Crippen molar-refractivity contribution in [1.82, 2.24) is 9.88 Å². The number of rotatable bonds is 3. The van der Waals surface area contributed by atoms with Gasteiger partial charge in [0.05, 0.1) is 21.7 Å². The van der Waals surface area contributed by atoms with Crippen LogP contribution in [0.2, 0.25) is 0 Å². The number of hydrogen-bond donors (Lipinski definition) is 1. The summed E-state index contributed by atoms with van der Waals surface area (Å²) in [4.78, 5) is 1.42. The molecule has 0 bridgehead atoms. The Kier molecular flexibility index (Phi) is 4.82. The number of aromatic nitrogens is 1. The molecule has 0 atom stereocenters. The van der Waals surface area contributed by atoms with Crippen LogP contribution in [-0.4, -0.2) is 39.2 Å². The van der Waals surface area contributed by atoms with E-state index >= 15 is 0 Å². The van der Waals surface area contributed by atoms with Gasteiger partial charge in [0, 0.05) is 38.6 Å². The number of sulfone groups is 1. The van der Waals surface area contributed by atoms with Gasteiger partial charge in [0.2, 0.25) is 9.84 Å². The molecule has 1 aromatic heterocycles. The van der Waals surface area contributed by atoms with E-state index in [-0.39, 0.29) is 5.03 Å². The van der Waals surface area contributed by atoms with E-state index in [0.29, 0.717) is 10.9 Å². The van der Waals surface area contributed by atoms with E-state index in [1.54, 1.807) is 13.1 Å². The third kappa shape index (κ3) is 3.38. The minimum absolute atomic E-state index is 0.160. The summed E-state index contributed by atoms with van der Waals surface area (Å²) in [7, 11) is -2.80. The van der Waals surface area contributed by atoms with Crippen molar-refractivity contribution in [1.29, 1.82) is 0 Å². The number of piperazine rings is 1. The Hall–Kier alpha value is -2.52. The third-order valence-corrected chi connectivity index (χ3v) is 7.08. The van der Waals surface area contributed by atoms with Gasteiger partial charge >= 0.3 is 6.18 Å². The minimum atomic E-state index is -4.76. The first-order chi connectivity index (χ1) is 13.7. The normalized spacial score (nSPS) is 15.8. The van der Waals surface area contributed by atoms with Gasteiger partial charge in [-0.15, -0.1) is 0 Å². The number of anilines is 1. The molecule has 1 aliphatic rings. The fourth-order valence-corrected chi connectivity index (χ4v) is 5.53. The fourth-order valence-electron chi connectivity index (χ4n) is 3.84. The Bertz CT molecular complexity index is 1160. The van der Waals surface area contributed by atoms with Crippen LogP contribution in [0.1, 0.15) is 5.56 Å². The summed E-state index contributed by atoms with van der Waals surface area (Å²) in [6, 6.07) is 11.3. The first-order valence-corrected chi connectivity index (χ1v) is 10.6. The second-order valence-electron chi connectivity index (χ2n) is 6.99. The number of nitrogens with one attached hydrogen (secondary N) is 1. The standard InChI is InChI=1S/C20H20F3N3O2S/c1-25-18(29(27,28)17-8-3-2-6-15(17)20(21,22)23)13-14-5-4-7-16(19(14)25)26-11-9-24-10-12-26/h2-8,13,24H,9-12H2,1H3. The van der Waals surface area contributed by atoms with E-state index in [1.165, 1.54) is 22.8 Å². The molecular formula is C20H20F3N3O2S. The van der Waals surface area contributed by atoms with Gasteiger partial charge in [-0.3, -0.25) is 0 Å². The lowest BCUT2D eigenvalue weighted by Gasteiger charge is -2.30. The molecule has 1 N–H and O–H groups in total. The van der Waals surface area contributed by atoms with Gasteiger partial charge in [-0.25, -0.2) is 8.42 Å². The Labute approximate surface area is 166 Å². The fraction of sp³-hybridized carbons (Fsp3) is 0.300. The van der Waals surface area contributed by atoms with E-state index in [0.717, 1.165) is 44.0 Å². The second-order valence-corrected chi connectivity index (χ2v) is 8.86. The van der Waals surface area contributed by atoms with Crippen molar-refractivity contribution in [2.24, 2.45) is 7.05 Å². The molecular weight excluding hydrogens is 403 g/mol. The van der Waals surface area contributed by atoms with Crippen molar-refractivity contribution in [3.05, 3.63) is 54.1 Å². The van der Waals surface area contributed by atoms with Crippen LogP contribution in [0.15, 0.2) is 58.5 Å². The maximum absolute atomic E-state index is 13.4. The summed E-state index contributed by atoms with van der Waals surface area (Å²) in [5.41, 5.74) is 0.405. The maximum Gasteiger partial charge on any atom is 0.417 e. The monoisotopic (exact) mass is 423 g/mol. The highest BCUT2D eigenvalue weighted by molar-refractivity contribution is 7.91. The zero-order chi connectivity index (χ0) is 20.8. The predicted octanol–water partition coefficient (Wildman–Crippen LogP) is 3.44. The van der Waals surface area contributed by atoms with Gasteiger partial charge in [0.1, 0.15) is 5.03 Å². The van der Waals surface area contributed by atoms with Gasteiger partial charge in [0.25, 0.3) is 0 Å². The molecule has 4 rings (SSSR count). The third-order valence-electron chi connectivity index (χ3n) is 5.21.